The van der Waals surface area contributed by atoms with Crippen LogP contribution in [0.2, 0.25) is 5.02 Å². The predicted octanol–water partition coefficient (Wildman–Crippen LogP) is 2.17. The number of amides is 2. The maximum Gasteiger partial charge on any atom is 0.315 e. The number of sulfonamides is 1. The molecule has 1 aliphatic rings. The summed E-state index contributed by atoms with van der Waals surface area (Å²) in [5.41, 5.74) is 0.955. The van der Waals surface area contributed by atoms with Crippen LogP contribution in [0, 0.1) is 0 Å². The van der Waals surface area contributed by atoms with Crippen LogP contribution < -0.4 is 10.6 Å². The summed E-state index contributed by atoms with van der Waals surface area (Å²) < 4.78 is 25.3. The summed E-state index contributed by atoms with van der Waals surface area (Å²) in [6.07, 6.45) is 1.19. The fourth-order valence-corrected chi connectivity index (χ4v) is 4.46. The Balaban J connectivity index is 1.73. The van der Waals surface area contributed by atoms with Gasteiger partial charge in [0.15, 0.2) is 0 Å². The molecule has 24 heavy (non-hydrogen) atoms. The van der Waals surface area contributed by atoms with E-state index < -0.39 is 10.0 Å². The van der Waals surface area contributed by atoms with E-state index in [0.29, 0.717) is 37.5 Å². The molecular weight excluding hydrogens is 373 g/mol. The van der Waals surface area contributed by atoms with Crippen molar-refractivity contribution >= 4 is 39.3 Å². The lowest BCUT2D eigenvalue weighted by Gasteiger charge is -2.31. The van der Waals surface area contributed by atoms with Crippen LogP contribution in [-0.2, 0) is 16.6 Å². The summed E-state index contributed by atoms with van der Waals surface area (Å²) in [7, 11) is -3.27. The maximum absolute atomic E-state index is 11.9. The Morgan fingerprint density at radius 2 is 1.83 bits per heavy atom. The number of carbonyl (C=O) groups excluding carboxylic acids is 1. The fraction of sp³-hybridized carbons (Fsp3) is 0.533. The van der Waals surface area contributed by atoms with Crippen molar-refractivity contribution in [1.82, 2.24) is 14.9 Å². The third-order valence-corrected chi connectivity index (χ3v) is 6.42. The second kappa shape index (κ2) is 8.89. The molecule has 0 radical (unpaired) electrons. The Kier molecular flexibility index (Phi) is 7.16. The summed E-state index contributed by atoms with van der Waals surface area (Å²) in [5.74, 6) is 0.0435. The number of hydrogen-bond donors (Lipinski definition) is 2. The van der Waals surface area contributed by atoms with Crippen LogP contribution in [0.5, 0.6) is 0 Å². The zero-order chi connectivity index (χ0) is 17.6. The Morgan fingerprint density at radius 3 is 2.42 bits per heavy atom. The maximum atomic E-state index is 11.9. The first-order valence-electron chi connectivity index (χ1n) is 7.73. The van der Waals surface area contributed by atoms with Gasteiger partial charge in [0, 0.05) is 36.6 Å². The summed E-state index contributed by atoms with van der Waals surface area (Å²) in [5, 5.41) is 6.32. The number of nitrogens with zero attached hydrogens (tertiary/aromatic N) is 1. The van der Waals surface area contributed by atoms with Crippen LogP contribution in [0.15, 0.2) is 24.3 Å². The first-order chi connectivity index (χ1) is 11.4. The van der Waals surface area contributed by atoms with Crippen LogP contribution >= 0.6 is 23.2 Å². The van der Waals surface area contributed by atoms with Gasteiger partial charge in [-0.2, -0.15) is 0 Å². The highest BCUT2D eigenvalue weighted by molar-refractivity contribution is 7.89. The first-order valence-corrected chi connectivity index (χ1v) is 10.3. The van der Waals surface area contributed by atoms with E-state index in [4.69, 9.17) is 23.2 Å². The summed E-state index contributed by atoms with van der Waals surface area (Å²) in [4.78, 5) is 11.9. The molecule has 9 heteroatoms. The molecule has 2 rings (SSSR count). The number of alkyl halides is 1. The Labute approximate surface area is 152 Å². The SMILES string of the molecule is O=C(NCc1ccc(Cl)cc1)NC1CCN(S(=O)(=O)CCCl)CC1. The highest BCUT2D eigenvalue weighted by Gasteiger charge is 2.28. The van der Waals surface area contributed by atoms with E-state index >= 15 is 0 Å². The van der Waals surface area contributed by atoms with Crippen molar-refractivity contribution in [2.75, 3.05) is 24.7 Å². The number of hydrogen-bond acceptors (Lipinski definition) is 3. The second-order valence-electron chi connectivity index (χ2n) is 5.63. The topological polar surface area (TPSA) is 78.5 Å². The van der Waals surface area contributed by atoms with Gasteiger partial charge in [0.05, 0.1) is 5.75 Å². The van der Waals surface area contributed by atoms with Crippen molar-refractivity contribution in [2.24, 2.45) is 0 Å². The van der Waals surface area contributed by atoms with Crippen LogP contribution in [0.3, 0.4) is 0 Å². The van der Waals surface area contributed by atoms with E-state index in [1.165, 1.54) is 4.31 Å². The third kappa shape index (κ3) is 5.81. The number of nitrogens with one attached hydrogen (secondary N) is 2. The molecule has 0 unspecified atom stereocenters. The number of carbonyl (C=O) groups is 1. The summed E-state index contributed by atoms with van der Waals surface area (Å²) in [6, 6.07) is 6.96. The van der Waals surface area contributed by atoms with E-state index in [-0.39, 0.29) is 23.7 Å². The molecule has 0 aromatic heterocycles. The van der Waals surface area contributed by atoms with Crippen LogP contribution in [0.1, 0.15) is 18.4 Å². The van der Waals surface area contributed by atoms with Gasteiger partial charge in [-0.05, 0) is 30.5 Å². The molecule has 0 atom stereocenters. The lowest BCUT2D eigenvalue weighted by atomic mass is 10.1. The van der Waals surface area contributed by atoms with Crippen LogP contribution in [0.25, 0.3) is 0 Å². The largest absolute Gasteiger partial charge is 0.335 e. The second-order valence-corrected chi connectivity index (χ2v) is 8.53. The number of halogens is 2. The zero-order valence-electron chi connectivity index (χ0n) is 13.2. The van der Waals surface area contributed by atoms with E-state index in [0.717, 1.165) is 5.56 Å². The van der Waals surface area contributed by atoms with Crippen LogP contribution in [-0.4, -0.2) is 49.5 Å². The number of piperidine rings is 1. The minimum atomic E-state index is -3.27. The normalized spacial score (nSPS) is 16.8. The van der Waals surface area contributed by atoms with Crippen LogP contribution in [0.4, 0.5) is 4.79 Å². The minimum absolute atomic E-state index is 0.0299. The molecule has 0 bridgehead atoms. The van der Waals surface area contributed by atoms with E-state index in [1.807, 2.05) is 12.1 Å². The van der Waals surface area contributed by atoms with Crippen molar-refractivity contribution in [3.8, 4) is 0 Å². The molecule has 1 aromatic carbocycles. The zero-order valence-corrected chi connectivity index (χ0v) is 15.5. The fourth-order valence-electron chi connectivity index (χ4n) is 2.53. The molecule has 0 aliphatic carbocycles. The molecule has 1 aromatic rings. The third-order valence-electron chi connectivity index (χ3n) is 3.88. The van der Waals surface area contributed by atoms with Gasteiger partial charge in [0.25, 0.3) is 0 Å². The van der Waals surface area contributed by atoms with Gasteiger partial charge in [0.1, 0.15) is 0 Å². The Bertz CT molecular complexity index is 644. The molecule has 0 saturated carbocycles. The number of urea groups is 1. The molecule has 1 heterocycles. The minimum Gasteiger partial charge on any atom is -0.335 e. The quantitative estimate of drug-likeness (QED) is 0.726. The van der Waals surface area contributed by atoms with E-state index in [2.05, 4.69) is 10.6 Å². The highest BCUT2D eigenvalue weighted by atomic mass is 35.5. The molecule has 1 fully saturated rings. The lowest BCUT2D eigenvalue weighted by Crippen LogP contribution is -2.49. The van der Waals surface area contributed by atoms with Gasteiger partial charge in [-0.1, -0.05) is 23.7 Å². The first kappa shape index (κ1) is 19.3. The number of rotatable bonds is 6. The van der Waals surface area contributed by atoms with Crippen molar-refractivity contribution in [3.05, 3.63) is 34.9 Å². The van der Waals surface area contributed by atoms with Crippen molar-refractivity contribution in [2.45, 2.75) is 25.4 Å². The lowest BCUT2D eigenvalue weighted by molar-refractivity contribution is 0.227. The molecule has 0 spiro atoms. The predicted molar refractivity (Wildman–Crippen MR) is 95.9 cm³/mol. The molecule has 2 amide bonds. The van der Waals surface area contributed by atoms with Gasteiger partial charge in [-0.3, -0.25) is 0 Å². The molecule has 2 N–H and O–H groups in total. The van der Waals surface area contributed by atoms with Crippen molar-refractivity contribution < 1.29 is 13.2 Å². The molecule has 1 saturated heterocycles. The number of benzene rings is 1. The standard InChI is InChI=1S/C15H21Cl2N3O3S/c16-7-10-24(22,23)20-8-5-14(6-9-20)19-15(21)18-11-12-1-3-13(17)4-2-12/h1-4,14H,5-11H2,(H2,18,19,21). The summed E-state index contributed by atoms with van der Waals surface area (Å²) >= 11 is 11.3. The van der Waals surface area contributed by atoms with Gasteiger partial charge in [-0.15, -0.1) is 11.6 Å². The molecule has 1 aliphatic heterocycles. The highest BCUT2D eigenvalue weighted by Crippen LogP contribution is 2.15. The van der Waals surface area contributed by atoms with Gasteiger partial charge in [0.2, 0.25) is 10.0 Å². The summed E-state index contributed by atoms with van der Waals surface area (Å²) in [6.45, 7) is 1.22. The van der Waals surface area contributed by atoms with Crippen molar-refractivity contribution in [3.63, 3.8) is 0 Å². The van der Waals surface area contributed by atoms with Gasteiger partial charge < -0.3 is 10.6 Å². The smallest absolute Gasteiger partial charge is 0.315 e. The average molecular weight is 394 g/mol. The van der Waals surface area contributed by atoms with Crippen molar-refractivity contribution in [1.29, 1.82) is 0 Å². The Morgan fingerprint density at radius 1 is 1.21 bits per heavy atom. The van der Waals surface area contributed by atoms with Gasteiger partial charge >= 0.3 is 6.03 Å². The average Bonchev–Trinajstić information content (AvgIpc) is 2.55. The molecule has 6 nitrogen and oxygen atoms in total. The Hall–Kier alpha value is -1.02. The van der Waals surface area contributed by atoms with E-state index in [1.54, 1.807) is 12.1 Å². The van der Waals surface area contributed by atoms with Gasteiger partial charge in [-0.25, -0.2) is 17.5 Å². The van der Waals surface area contributed by atoms with E-state index in [9.17, 15) is 13.2 Å². The molecule has 134 valence electrons. The molecular formula is C15H21Cl2N3O3S. The monoisotopic (exact) mass is 393 g/mol.